The summed E-state index contributed by atoms with van der Waals surface area (Å²) in [5.41, 5.74) is 2.19. The zero-order chi connectivity index (χ0) is 22.1. The molecule has 6 heteroatoms. The molecule has 1 unspecified atom stereocenters. The van der Waals surface area contributed by atoms with Gasteiger partial charge in [0.1, 0.15) is 6.04 Å². The Morgan fingerprint density at radius 2 is 1.67 bits per heavy atom. The van der Waals surface area contributed by atoms with E-state index in [1.165, 1.54) is 5.56 Å². The van der Waals surface area contributed by atoms with Gasteiger partial charge in [-0.25, -0.2) is 0 Å². The first-order valence-electron chi connectivity index (χ1n) is 10.3. The highest BCUT2D eigenvalue weighted by atomic mass is 35.5. The van der Waals surface area contributed by atoms with E-state index in [9.17, 15) is 9.59 Å². The van der Waals surface area contributed by atoms with E-state index in [1.54, 1.807) is 23.6 Å². The van der Waals surface area contributed by atoms with Crippen molar-refractivity contribution in [2.24, 2.45) is 0 Å². The lowest BCUT2D eigenvalue weighted by Crippen LogP contribution is -2.49. The molecular weight excluding hydrogens is 416 g/mol. The smallest absolute Gasteiger partial charge is 0.242 e. The first-order chi connectivity index (χ1) is 14.3. The summed E-state index contributed by atoms with van der Waals surface area (Å²) >= 11 is 7.62. The number of halogens is 1. The van der Waals surface area contributed by atoms with Crippen LogP contribution >= 0.6 is 23.4 Å². The summed E-state index contributed by atoms with van der Waals surface area (Å²) < 4.78 is 0. The van der Waals surface area contributed by atoms with Crippen LogP contribution in [-0.4, -0.2) is 34.6 Å². The van der Waals surface area contributed by atoms with Crippen LogP contribution in [0.5, 0.6) is 0 Å². The van der Waals surface area contributed by atoms with E-state index in [2.05, 4.69) is 5.32 Å². The van der Waals surface area contributed by atoms with E-state index in [0.717, 1.165) is 27.7 Å². The van der Waals surface area contributed by atoms with Gasteiger partial charge in [0.15, 0.2) is 0 Å². The van der Waals surface area contributed by atoms with Crippen LogP contribution < -0.4 is 5.32 Å². The van der Waals surface area contributed by atoms with Gasteiger partial charge in [-0.3, -0.25) is 9.59 Å². The van der Waals surface area contributed by atoms with Crippen LogP contribution in [-0.2, 0) is 16.1 Å². The number of thioether (sulfide) groups is 1. The molecule has 30 heavy (non-hydrogen) atoms. The first kappa shape index (κ1) is 24.3. The van der Waals surface area contributed by atoms with Crippen LogP contribution in [0.2, 0.25) is 5.02 Å². The number of nitrogens with one attached hydrogen (secondary N) is 1. The second kappa shape index (κ2) is 12.0. The van der Waals surface area contributed by atoms with E-state index in [4.69, 9.17) is 11.6 Å². The predicted molar refractivity (Wildman–Crippen MR) is 126 cm³/mol. The monoisotopic (exact) mass is 446 g/mol. The number of rotatable bonds is 10. The third-order valence-electron chi connectivity index (χ3n) is 4.69. The van der Waals surface area contributed by atoms with Gasteiger partial charge in [0.25, 0.3) is 0 Å². The Morgan fingerprint density at radius 1 is 1.03 bits per heavy atom. The molecule has 4 nitrogen and oxygen atoms in total. The topological polar surface area (TPSA) is 49.4 Å². The van der Waals surface area contributed by atoms with Crippen LogP contribution in [0, 0.1) is 6.92 Å². The molecule has 2 aromatic carbocycles. The Hall–Kier alpha value is -1.98. The quantitative estimate of drug-likeness (QED) is 0.389. The summed E-state index contributed by atoms with van der Waals surface area (Å²) in [7, 11) is 0. The molecule has 0 saturated carbocycles. The zero-order valence-corrected chi connectivity index (χ0v) is 19.7. The van der Waals surface area contributed by atoms with Gasteiger partial charge in [0.2, 0.25) is 11.8 Å². The summed E-state index contributed by atoms with van der Waals surface area (Å²) in [6, 6.07) is 15.3. The number of carbonyl (C=O) groups excluding carboxylic acids is 2. The molecule has 0 aliphatic heterocycles. The molecule has 162 valence electrons. The summed E-state index contributed by atoms with van der Waals surface area (Å²) in [4.78, 5) is 28.4. The van der Waals surface area contributed by atoms with Gasteiger partial charge in [-0.05, 0) is 69.7 Å². The van der Waals surface area contributed by atoms with Crippen molar-refractivity contribution in [1.82, 2.24) is 10.2 Å². The average Bonchev–Trinajstić information content (AvgIpc) is 2.71. The lowest BCUT2D eigenvalue weighted by atomic mass is 10.1. The predicted octanol–water partition coefficient (Wildman–Crippen LogP) is 5.46. The second-order valence-electron chi connectivity index (χ2n) is 7.75. The van der Waals surface area contributed by atoms with Gasteiger partial charge in [-0.1, -0.05) is 41.4 Å². The Labute approximate surface area is 189 Å². The molecule has 0 heterocycles. The highest BCUT2D eigenvalue weighted by Gasteiger charge is 2.26. The molecule has 0 spiro atoms. The van der Waals surface area contributed by atoms with Crippen LogP contribution in [0.15, 0.2) is 53.4 Å². The Kier molecular flexibility index (Phi) is 9.73. The molecule has 0 bridgehead atoms. The van der Waals surface area contributed by atoms with Crippen molar-refractivity contribution < 1.29 is 9.59 Å². The molecule has 0 aliphatic rings. The summed E-state index contributed by atoms with van der Waals surface area (Å²) in [6.07, 6.45) is 1.15. The van der Waals surface area contributed by atoms with Crippen LogP contribution in [0.4, 0.5) is 0 Å². The van der Waals surface area contributed by atoms with E-state index < -0.39 is 6.04 Å². The molecule has 2 rings (SSSR count). The maximum Gasteiger partial charge on any atom is 0.242 e. The fourth-order valence-electron chi connectivity index (χ4n) is 2.97. The number of amides is 2. The van der Waals surface area contributed by atoms with Gasteiger partial charge in [0.05, 0.1) is 0 Å². The van der Waals surface area contributed by atoms with Crippen LogP contribution in [0.3, 0.4) is 0 Å². The van der Waals surface area contributed by atoms with Gasteiger partial charge in [-0.15, -0.1) is 11.8 Å². The summed E-state index contributed by atoms with van der Waals surface area (Å²) in [5, 5.41) is 3.64. The molecule has 0 aromatic heterocycles. The fraction of sp³-hybridized carbons (Fsp3) is 0.417. The van der Waals surface area contributed by atoms with Gasteiger partial charge in [0, 0.05) is 28.9 Å². The van der Waals surface area contributed by atoms with Crippen molar-refractivity contribution >= 4 is 35.2 Å². The molecule has 0 aliphatic carbocycles. The average molecular weight is 447 g/mol. The highest BCUT2D eigenvalue weighted by Crippen LogP contribution is 2.22. The Balaban J connectivity index is 1.98. The van der Waals surface area contributed by atoms with Crippen molar-refractivity contribution in [1.29, 1.82) is 0 Å². The minimum absolute atomic E-state index is 0.00122. The van der Waals surface area contributed by atoms with Crippen molar-refractivity contribution in [2.75, 3.05) is 5.75 Å². The molecule has 2 amide bonds. The lowest BCUT2D eigenvalue weighted by molar-refractivity contribution is -0.140. The number of nitrogens with zero attached hydrogens (tertiary/aromatic N) is 1. The molecule has 1 N–H and O–H groups in total. The van der Waals surface area contributed by atoms with Crippen molar-refractivity contribution in [3.05, 3.63) is 64.7 Å². The zero-order valence-electron chi connectivity index (χ0n) is 18.2. The SMILES string of the molecule is Cc1ccc(CN(C(=O)CCCSc2ccc(Cl)cc2)C(C)C(=O)NC(C)C)cc1. The fourth-order valence-corrected chi connectivity index (χ4v) is 3.94. The number of hydrogen-bond acceptors (Lipinski definition) is 3. The normalized spacial score (nSPS) is 11.9. The van der Waals surface area contributed by atoms with E-state index in [0.29, 0.717) is 13.0 Å². The molecule has 2 aromatic rings. The molecule has 0 saturated heterocycles. The summed E-state index contributed by atoms with van der Waals surface area (Å²) in [6.45, 7) is 8.10. The van der Waals surface area contributed by atoms with E-state index in [-0.39, 0.29) is 17.9 Å². The molecule has 0 fully saturated rings. The van der Waals surface area contributed by atoms with Crippen molar-refractivity contribution in [3.63, 3.8) is 0 Å². The highest BCUT2D eigenvalue weighted by molar-refractivity contribution is 7.99. The lowest BCUT2D eigenvalue weighted by Gasteiger charge is -2.29. The number of carbonyl (C=O) groups is 2. The largest absolute Gasteiger partial charge is 0.352 e. The van der Waals surface area contributed by atoms with Crippen LogP contribution in [0.1, 0.15) is 44.7 Å². The van der Waals surface area contributed by atoms with Gasteiger partial charge >= 0.3 is 0 Å². The number of hydrogen-bond donors (Lipinski definition) is 1. The summed E-state index contributed by atoms with van der Waals surface area (Å²) in [5.74, 6) is 0.706. The van der Waals surface area contributed by atoms with Gasteiger partial charge < -0.3 is 10.2 Å². The minimum atomic E-state index is -0.523. The van der Waals surface area contributed by atoms with E-state index >= 15 is 0 Å². The minimum Gasteiger partial charge on any atom is -0.352 e. The van der Waals surface area contributed by atoms with Crippen molar-refractivity contribution in [2.45, 2.75) is 64.1 Å². The van der Waals surface area contributed by atoms with Gasteiger partial charge in [-0.2, -0.15) is 0 Å². The van der Waals surface area contributed by atoms with Crippen LogP contribution in [0.25, 0.3) is 0 Å². The number of benzene rings is 2. The second-order valence-corrected chi connectivity index (χ2v) is 9.36. The maximum absolute atomic E-state index is 13.0. The molecule has 1 atom stereocenters. The first-order valence-corrected chi connectivity index (χ1v) is 11.7. The Morgan fingerprint density at radius 3 is 2.27 bits per heavy atom. The maximum atomic E-state index is 13.0. The standard InChI is InChI=1S/C24H31ClN2O2S/c1-17(2)26-24(29)19(4)27(16-20-9-7-18(3)8-10-20)23(28)6-5-15-30-22-13-11-21(25)12-14-22/h7-14,17,19H,5-6,15-16H2,1-4H3,(H,26,29). The Bertz CT molecular complexity index is 822. The molecule has 0 radical (unpaired) electrons. The van der Waals surface area contributed by atoms with E-state index in [1.807, 2.05) is 69.3 Å². The third kappa shape index (κ3) is 8.04. The molecular formula is C24H31ClN2O2S. The van der Waals surface area contributed by atoms with Crippen molar-refractivity contribution in [3.8, 4) is 0 Å². The third-order valence-corrected chi connectivity index (χ3v) is 6.04. The number of aryl methyl sites for hydroxylation is 1.